The van der Waals surface area contributed by atoms with Crippen LogP contribution in [0.3, 0.4) is 0 Å². The quantitative estimate of drug-likeness (QED) is 0.595. The van der Waals surface area contributed by atoms with Gasteiger partial charge >= 0.3 is 6.15 Å². The summed E-state index contributed by atoms with van der Waals surface area (Å²) in [5.41, 5.74) is 0.317. The molecule has 78 valence electrons. The average Bonchev–Trinajstić information content (AvgIpc) is 2.04. The van der Waals surface area contributed by atoms with Crippen molar-refractivity contribution >= 4 is 11.9 Å². The molecule has 3 heteroatoms. The number of ketones is 1. The standard InChI is InChI=1S/C10H16O.CO2/c1-10(2,3)8-4-6-9(11)7-5-8;2-1-3/h4,6,8H,5,7H2,1-3H3;. The van der Waals surface area contributed by atoms with Gasteiger partial charge in [-0.3, -0.25) is 4.79 Å². The summed E-state index contributed by atoms with van der Waals surface area (Å²) in [7, 11) is 0. The van der Waals surface area contributed by atoms with Crippen LogP contribution >= 0.6 is 0 Å². The van der Waals surface area contributed by atoms with Gasteiger partial charge in [0.05, 0.1) is 0 Å². The molecular weight excluding hydrogens is 180 g/mol. The Morgan fingerprint density at radius 2 is 1.86 bits per heavy atom. The Hall–Kier alpha value is -1.21. The molecule has 0 fully saturated rings. The van der Waals surface area contributed by atoms with Crippen molar-refractivity contribution in [3.63, 3.8) is 0 Å². The van der Waals surface area contributed by atoms with Crippen molar-refractivity contribution < 1.29 is 14.4 Å². The van der Waals surface area contributed by atoms with Crippen molar-refractivity contribution in [1.82, 2.24) is 0 Å². The second-order valence-corrected chi connectivity index (χ2v) is 4.42. The molecule has 1 aliphatic carbocycles. The van der Waals surface area contributed by atoms with E-state index in [1.165, 1.54) is 0 Å². The zero-order chi connectivity index (χ0) is 11.2. The Balaban J connectivity index is 0.000000500. The molecule has 1 atom stereocenters. The first-order chi connectivity index (χ1) is 6.41. The van der Waals surface area contributed by atoms with E-state index >= 15 is 0 Å². The minimum absolute atomic E-state index is 0.250. The number of hydrogen-bond acceptors (Lipinski definition) is 3. The summed E-state index contributed by atoms with van der Waals surface area (Å²) >= 11 is 0. The topological polar surface area (TPSA) is 51.2 Å². The Labute approximate surface area is 84.2 Å². The molecule has 1 aliphatic rings. The zero-order valence-corrected chi connectivity index (χ0v) is 8.87. The molecular formula is C11H16O3. The molecule has 0 amide bonds. The Morgan fingerprint density at radius 3 is 2.14 bits per heavy atom. The van der Waals surface area contributed by atoms with Gasteiger partial charge in [-0.05, 0) is 23.8 Å². The van der Waals surface area contributed by atoms with Crippen LogP contribution in [0, 0.1) is 11.3 Å². The summed E-state index contributed by atoms with van der Waals surface area (Å²) in [5, 5.41) is 0. The van der Waals surface area contributed by atoms with E-state index in [4.69, 9.17) is 9.59 Å². The lowest BCUT2D eigenvalue weighted by atomic mass is 9.75. The molecule has 0 bridgehead atoms. The highest BCUT2D eigenvalue weighted by Gasteiger charge is 2.24. The van der Waals surface area contributed by atoms with Crippen molar-refractivity contribution in [3.8, 4) is 0 Å². The van der Waals surface area contributed by atoms with Gasteiger partial charge in [-0.15, -0.1) is 0 Å². The van der Waals surface area contributed by atoms with Crippen LogP contribution in [0.2, 0.25) is 0 Å². The zero-order valence-electron chi connectivity index (χ0n) is 8.87. The molecule has 0 aromatic rings. The molecule has 0 saturated carbocycles. The van der Waals surface area contributed by atoms with Crippen molar-refractivity contribution in [2.75, 3.05) is 0 Å². The van der Waals surface area contributed by atoms with Gasteiger partial charge in [-0.1, -0.05) is 26.8 Å². The van der Waals surface area contributed by atoms with Gasteiger partial charge in [0, 0.05) is 6.42 Å². The smallest absolute Gasteiger partial charge is 0.295 e. The van der Waals surface area contributed by atoms with Crippen LogP contribution in [0.4, 0.5) is 0 Å². The second-order valence-electron chi connectivity index (χ2n) is 4.42. The third-order valence-electron chi connectivity index (χ3n) is 2.33. The third kappa shape index (κ3) is 4.73. The van der Waals surface area contributed by atoms with E-state index in [-0.39, 0.29) is 11.9 Å². The number of carbonyl (C=O) groups is 1. The lowest BCUT2D eigenvalue weighted by Gasteiger charge is -2.29. The summed E-state index contributed by atoms with van der Waals surface area (Å²) in [6.07, 6.45) is 5.81. The van der Waals surface area contributed by atoms with Crippen LogP contribution in [0.15, 0.2) is 12.2 Å². The highest BCUT2D eigenvalue weighted by Crippen LogP contribution is 2.32. The minimum Gasteiger partial charge on any atom is -0.295 e. The maximum absolute atomic E-state index is 10.8. The molecule has 1 unspecified atom stereocenters. The van der Waals surface area contributed by atoms with Crippen LogP contribution in [0.5, 0.6) is 0 Å². The Bertz CT molecular complexity index is 252. The van der Waals surface area contributed by atoms with Gasteiger partial charge in [0.1, 0.15) is 0 Å². The van der Waals surface area contributed by atoms with E-state index in [1.807, 2.05) is 0 Å². The third-order valence-corrected chi connectivity index (χ3v) is 2.33. The van der Waals surface area contributed by atoms with Gasteiger partial charge in [0.15, 0.2) is 5.78 Å². The highest BCUT2D eigenvalue weighted by molar-refractivity contribution is 5.90. The van der Waals surface area contributed by atoms with Crippen LogP contribution < -0.4 is 0 Å². The fraction of sp³-hybridized carbons (Fsp3) is 0.636. The Kier molecular flexibility index (Phi) is 5.03. The van der Waals surface area contributed by atoms with Gasteiger partial charge < -0.3 is 0 Å². The van der Waals surface area contributed by atoms with Gasteiger partial charge in [0.25, 0.3) is 0 Å². The number of rotatable bonds is 0. The van der Waals surface area contributed by atoms with Crippen molar-refractivity contribution in [2.24, 2.45) is 11.3 Å². The maximum Gasteiger partial charge on any atom is 0.373 e. The van der Waals surface area contributed by atoms with Gasteiger partial charge in [-0.25, -0.2) is 0 Å². The molecule has 3 nitrogen and oxygen atoms in total. The molecule has 0 N–H and O–H groups in total. The van der Waals surface area contributed by atoms with E-state index < -0.39 is 0 Å². The SMILES string of the molecule is CC(C)(C)C1C=CC(=O)CC1.O=C=O. The summed E-state index contributed by atoms with van der Waals surface area (Å²) in [6, 6.07) is 0. The molecule has 0 aliphatic heterocycles. The maximum atomic E-state index is 10.8. The highest BCUT2D eigenvalue weighted by atomic mass is 16.2. The normalized spacial score (nSPS) is 20.8. The molecule has 0 aromatic heterocycles. The number of hydrogen-bond donors (Lipinski definition) is 0. The first kappa shape index (κ1) is 12.8. The Morgan fingerprint density at radius 1 is 1.36 bits per heavy atom. The average molecular weight is 196 g/mol. The monoisotopic (exact) mass is 196 g/mol. The molecule has 0 saturated heterocycles. The fourth-order valence-corrected chi connectivity index (χ4v) is 1.42. The summed E-state index contributed by atoms with van der Waals surface area (Å²) in [6.45, 7) is 6.66. The first-order valence-electron chi connectivity index (χ1n) is 4.62. The molecule has 0 aromatic carbocycles. The predicted octanol–water partition coefficient (Wildman–Crippen LogP) is 1.98. The van der Waals surface area contributed by atoms with Crippen molar-refractivity contribution in [1.29, 1.82) is 0 Å². The first-order valence-corrected chi connectivity index (χ1v) is 4.62. The summed E-state index contributed by atoms with van der Waals surface area (Å²) in [4.78, 5) is 27.1. The van der Waals surface area contributed by atoms with E-state index in [9.17, 15) is 4.79 Å². The van der Waals surface area contributed by atoms with Crippen molar-refractivity contribution in [2.45, 2.75) is 33.6 Å². The van der Waals surface area contributed by atoms with Crippen LogP contribution in [0.1, 0.15) is 33.6 Å². The van der Waals surface area contributed by atoms with Gasteiger partial charge in [0.2, 0.25) is 0 Å². The molecule has 1 rings (SSSR count). The van der Waals surface area contributed by atoms with Crippen LogP contribution in [-0.4, -0.2) is 11.9 Å². The summed E-state index contributed by atoms with van der Waals surface area (Å²) in [5.74, 6) is 0.866. The van der Waals surface area contributed by atoms with E-state index in [2.05, 4.69) is 26.8 Å². The largest absolute Gasteiger partial charge is 0.373 e. The number of carbonyl (C=O) groups excluding carboxylic acids is 3. The van der Waals surface area contributed by atoms with E-state index in [0.717, 1.165) is 12.8 Å². The molecule has 0 radical (unpaired) electrons. The number of allylic oxidation sites excluding steroid dienone is 2. The lowest BCUT2D eigenvalue weighted by molar-refractivity contribution is -0.191. The predicted molar refractivity (Wildman–Crippen MR) is 51.3 cm³/mol. The fourth-order valence-electron chi connectivity index (χ4n) is 1.42. The van der Waals surface area contributed by atoms with E-state index in [1.54, 1.807) is 6.08 Å². The molecule has 14 heavy (non-hydrogen) atoms. The van der Waals surface area contributed by atoms with Gasteiger partial charge in [-0.2, -0.15) is 9.59 Å². The van der Waals surface area contributed by atoms with Crippen molar-refractivity contribution in [3.05, 3.63) is 12.2 Å². The van der Waals surface area contributed by atoms with E-state index in [0.29, 0.717) is 11.3 Å². The molecule has 0 heterocycles. The van der Waals surface area contributed by atoms with Crippen LogP contribution in [-0.2, 0) is 14.4 Å². The second kappa shape index (κ2) is 5.51. The minimum atomic E-state index is 0.250. The lowest BCUT2D eigenvalue weighted by Crippen LogP contribution is -2.21. The summed E-state index contributed by atoms with van der Waals surface area (Å²) < 4.78 is 0. The molecule has 0 spiro atoms. The van der Waals surface area contributed by atoms with Crippen LogP contribution in [0.25, 0.3) is 0 Å².